The van der Waals surface area contributed by atoms with Crippen molar-refractivity contribution in [3.8, 4) is 11.4 Å². The van der Waals surface area contributed by atoms with Gasteiger partial charge in [0.25, 0.3) is 5.89 Å². The molecule has 2 rings (SSSR count). The highest BCUT2D eigenvalue weighted by molar-refractivity contribution is 7.99. The van der Waals surface area contributed by atoms with Gasteiger partial charge in [-0.25, -0.2) is 0 Å². The monoisotopic (exact) mass is 250 g/mol. The zero-order chi connectivity index (χ0) is 12.3. The summed E-state index contributed by atoms with van der Waals surface area (Å²) in [6.45, 7) is 3.71. The molecule has 0 saturated heterocycles. The van der Waals surface area contributed by atoms with Crippen LogP contribution in [0.5, 0.6) is 0 Å². The van der Waals surface area contributed by atoms with Crippen LogP contribution in [0.3, 0.4) is 0 Å². The maximum Gasteiger partial charge on any atom is 0.255 e. The number of aliphatic hydroxyl groups is 1. The lowest BCUT2D eigenvalue weighted by molar-refractivity contribution is 0.152. The van der Waals surface area contributed by atoms with Gasteiger partial charge in [-0.2, -0.15) is 4.98 Å². The van der Waals surface area contributed by atoms with Crippen molar-refractivity contribution < 1.29 is 9.63 Å². The van der Waals surface area contributed by atoms with Crippen LogP contribution >= 0.6 is 11.8 Å². The Morgan fingerprint density at radius 3 is 2.59 bits per heavy atom. The molecule has 2 aromatic rings. The second-order valence-electron chi connectivity index (χ2n) is 3.59. The van der Waals surface area contributed by atoms with Crippen LogP contribution in [0.15, 0.2) is 33.7 Å². The molecule has 0 radical (unpaired) electrons. The molecule has 0 aliphatic heterocycles. The molecule has 1 N–H and O–H groups in total. The Morgan fingerprint density at radius 1 is 1.35 bits per heavy atom. The molecule has 0 fully saturated rings. The maximum atomic E-state index is 9.30. The molecule has 1 aromatic carbocycles. The third-order valence-electron chi connectivity index (χ3n) is 2.22. The third kappa shape index (κ3) is 2.87. The molecule has 0 aliphatic rings. The third-order valence-corrected chi connectivity index (χ3v) is 3.12. The molecule has 4 nitrogen and oxygen atoms in total. The van der Waals surface area contributed by atoms with Gasteiger partial charge in [0.05, 0.1) is 0 Å². The van der Waals surface area contributed by atoms with E-state index in [1.165, 1.54) is 4.90 Å². The second kappa shape index (κ2) is 5.33. The molecule has 0 amide bonds. The summed E-state index contributed by atoms with van der Waals surface area (Å²) in [6.07, 6.45) is -0.730. The zero-order valence-electron chi connectivity index (χ0n) is 9.75. The molecule has 0 aliphatic carbocycles. The summed E-state index contributed by atoms with van der Waals surface area (Å²) in [4.78, 5) is 5.34. The predicted octanol–water partition coefficient (Wildman–Crippen LogP) is 2.90. The van der Waals surface area contributed by atoms with Crippen LogP contribution in [-0.2, 0) is 0 Å². The van der Waals surface area contributed by atoms with Gasteiger partial charge < -0.3 is 9.63 Å². The lowest BCUT2D eigenvalue weighted by atomic mass is 10.2. The molecule has 1 aromatic heterocycles. The van der Waals surface area contributed by atoms with Crippen LogP contribution in [0.4, 0.5) is 0 Å². The highest BCUT2D eigenvalue weighted by Crippen LogP contribution is 2.23. The minimum atomic E-state index is -0.730. The number of thioether (sulfide) groups is 1. The lowest BCUT2D eigenvalue weighted by Crippen LogP contribution is -1.90. The first-order chi connectivity index (χ1) is 8.20. The van der Waals surface area contributed by atoms with Crippen molar-refractivity contribution >= 4 is 11.8 Å². The van der Waals surface area contributed by atoms with Gasteiger partial charge in [0.2, 0.25) is 5.82 Å². The predicted molar refractivity (Wildman–Crippen MR) is 66.8 cm³/mol. The number of nitrogens with zero attached hydrogens (tertiary/aromatic N) is 2. The van der Waals surface area contributed by atoms with E-state index in [1.54, 1.807) is 18.7 Å². The fourth-order valence-electron chi connectivity index (χ4n) is 1.39. The standard InChI is InChI=1S/C12H14N2O2S/c1-3-17-10-6-4-9(5-7-10)11-13-12(8(2)15)16-14-11/h4-8,15H,3H2,1-2H3/t8-/m0/s1. The molecule has 5 heteroatoms. The van der Waals surface area contributed by atoms with Crippen molar-refractivity contribution in [3.63, 3.8) is 0 Å². The van der Waals surface area contributed by atoms with Crippen LogP contribution < -0.4 is 0 Å². The van der Waals surface area contributed by atoms with E-state index in [0.29, 0.717) is 5.82 Å². The average Bonchev–Trinajstić information content (AvgIpc) is 2.80. The van der Waals surface area contributed by atoms with Gasteiger partial charge in [-0.1, -0.05) is 12.1 Å². The Bertz CT molecular complexity index is 480. The van der Waals surface area contributed by atoms with E-state index >= 15 is 0 Å². The van der Waals surface area contributed by atoms with Crippen molar-refractivity contribution in [1.82, 2.24) is 10.1 Å². The maximum absolute atomic E-state index is 9.30. The van der Waals surface area contributed by atoms with Gasteiger partial charge in [0.1, 0.15) is 6.10 Å². The molecule has 1 atom stereocenters. The van der Waals surface area contributed by atoms with E-state index in [-0.39, 0.29) is 5.89 Å². The van der Waals surface area contributed by atoms with Crippen molar-refractivity contribution in [2.45, 2.75) is 24.8 Å². The van der Waals surface area contributed by atoms with Gasteiger partial charge in [-0.15, -0.1) is 11.8 Å². The molecule has 17 heavy (non-hydrogen) atoms. The molecule has 0 unspecified atom stereocenters. The van der Waals surface area contributed by atoms with Crippen LogP contribution in [0, 0.1) is 0 Å². The molecule has 1 heterocycles. The first-order valence-corrected chi connectivity index (χ1v) is 6.44. The van der Waals surface area contributed by atoms with Crippen molar-refractivity contribution in [3.05, 3.63) is 30.2 Å². The SMILES string of the molecule is CCSc1ccc(-c2noc([C@H](C)O)n2)cc1. The molecular formula is C12H14N2O2S. The molecule has 0 saturated carbocycles. The van der Waals surface area contributed by atoms with Gasteiger partial charge in [-0.3, -0.25) is 0 Å². The summed E-state index contributed by atoms with van der Waals surface area (Å²) in [5.41, 5.74) is 0.890. The van der Waals surface area contributed by atoms with Gasteiger partial charge >= 0.3 is 0 Å². The van der Waals surface area contributed by atoms with Gasteiger partial charge in [0, 0.05) is 10.5 Å². The summed E-state index contributed by atoms with van der Waals surface area (Å²) in [5, 5.41) is 13.1. The number of aliphatic hydroxyl groups excluding tert-OH is 1. The van der Waals surface area contributed by atoms with Crippen molar-refractivity contribution in [1.29, 1.82) is 0 Å². The fraction of sp³-hybridized carbons (Fsp3) is 0.333. The number of benzene rings is 1. The Kier molecular flexibility index (Phi) is 3.81. The number of aromatic nitrogens is 2. The van der Waals surface area contributed by atoms with E-state index in [1.807, 2.05) is 24.3 Å². The van der Waals surface area contributed by atoms with E-state index in [2.05, 4.69) is 17.1 Å². The average molecular weight is 250 g/mol. The number of rotatable bonds is 4. The van der Waals surface area contributed by atoms with Crippen LogP contribution in [0.25, 0.3) is 11.4 Å². The summed E-state index contributed by atoms with van der Waals surface area (Å²) in [5.74, 6) is 1.80. The minimum absolute atomic E-state index is 0.243. The van der Waals surface area contributed by atoms with Crippen LogP contribution in [0.2, 0.25) is 0 Å². The van der Waals surface area contributed by atoms with Gasteiger partial charge in [0.15, 0.2) is 0 Å². The number of hydrogen-bond acceptors (Lipinski definition) is 5. The largest absolute Gasteiger partial charge is 0.384 e. The minimum Gasteiger partial charge on any atom is -0.384 e. The normalized spacial score (nSPS) is 12.6. The van der Waals surface area contributed by atoms with E-state index in [0.717, 1.165) is 11.3 Å². The first kappa shape index (κ1) is 12.1. The highest BCUT2D eigenvalue weighted by Gasteiger charge is 2.12. The molecule has 0 spiro atoms. The fourth-order valence-corrected chi connectivity index (χ4v) is 2.05. The summed E-state index contributed by atoms with van der Waals surface area (Å²) < 4.78 is 4.94. The topological polar surface area (TPSA) is 59.2 Å². The highest BCUT2D eigenvalue weighted by atomic mass is 32.2. The van der Waals surface area contributed by atoms with E-state index in [9.17, 15) is 5.11 Å². The summed E-state index contributed by atoms with van der Waals surface area (Å²) in [6, 6.07) is 7.97. The van der Waals surface area contributed by atoms with Crippen molar-refractivity contribution in [2.24, 2.45) is 0 Å². The Balaban J connectivity index is 2.21. The van der Waals surface area contributed by atoms with Crippen molar-refractivity contribution in [2.75, 3.05) is 5.75 Å². The zero-order valence-corrected chi connectivity index (χ0v) is 10.6. The summed E-state index contributed by atoms with van der Waals surface area (Å²) in [7, 11) is 0. The van der Waals surface area contributed by atoms with Crippen LogP contribution in [0.1, 0.15) is 25.8 Å². The molecular weight excluding hydrogens is 236 g/mol. The van der Waals surface area contributed by atoms with E-state index in [4.69, 9.17) is 4.52 Å². The number of hydrogen-bond donors (Lipinski definition) is 1. The molecule has 0 bridgehead atoms. The quantitative estimate of drug-likeness (QED) is 0.845. The Hall–Kier alpha value is -1.33. The van der Waals surface area contributed by atoms with Gasteiger partial charge in [-0.05, 0) is 36.9 Å². The van der Waals surface area contributed by atoms with Crippen LogP contribution in [-0.4, -0.2) is 21.0 Å². The Morgan fingerprint density at radius 2 is 2.06 bits per heavy atom. The van der Waals surface area contributed by atoms with E-state index < -0.39 is 6.10 Å². The summed E-state index contributed by atoms with van der Waals surface area (Å²) >= 11 is 1.79. The Labute approximate surface area is 104 Å². The lowest BCUT2D eigenvalue weighted by Gasteiger charge is -1.98. The molecule has 90 valence electrons. The first-order valence-electron chi connectivity index (χ1n) is 5.45. The second-order valence-corrected chi connectivity index (χ2v) is 4.93. The smallest absolute Gasteiger partial charge is 0.255 e.